The summed E-state index contributed by atoms with van der Waals surface area (Å²) >= 11 is 7.64. The fourth-order valence-corrected chi connectivity index (χ4v) is 3.95. The van der Waals surface area contributed by atoms with Crippen LogP contribution >= 0.6 is 23.4 Å². The normalized spacial score (nSPS) is 16.1. The number of aromatic amines is 1. The summed E-state index contributed by atoms with van der Waals surface area (Å²) in [5, 5.41) is 4.42. The van der Waals surface area contributed by atoms with Crippen LogP contribution in [-0.4, -0.2) is 27.4 Å². The number of pyridine rings is 1. The molecule has 1 aromatic carbocycles. The Morgan fingerprint density at radius 3 is 2.71 bits per heavy atom. The van der Waals surface area contributed by atoms with Gasteiger partial charge >= 0.3 is 0 Å². The molecule has 0 atom stereocenters. The van der Waals surface area contributed by atoms with Crippen LogP contribution in [0.5, 0.6) is 11.5 Å². The predicted octanol–water partition coefficient (Wildman–Crippen LogP) is 5.83. The zero-order valence-corrected chi connectivity index (χ0v) is 16.7. The van der Waals surface area contributed by atoms with Crippen LogP contribution in [0.4, 0.5) is 14.5 Å². The monoisotopic (exact) mass is 422 g/mol. The molecule has 0 unspecified atom stereocenters. The Hall–Kier alpha value is -2.32. The van der Waals surface area contributed by atoms with Gasteiger partial charge in [0.25, 0.3) is 0 Å². The molecule has 0 amide bonds. The third-order valence-corrected chi connectivity index (χ3v) is 5.93. The predicted molar refractivity (Wildman–Crippen MR) is 110 cm³/mol. The molecule has 2 N–H and O–H groups in total. The number of benzene rings is 1. The van der Waals surface area contributed by atoms with Crippen LogP contribution in [0.15, 0.2) is 35.6 Å². The maximum absolute atomic E-state index is 14.6. The van der Waals surface area contributed by atoms with Crippen molar-refractivity contribution in [2.75, 3.05) is 17.6 Å². The summed E-state index contributed by atoms with van der Waals surface area (Å²) in [4.78, 5) is 11.4. The second kappa shape index (κ2) is 7.25. The molecule has 0 radical (unpaired) electrons. The summed E-state index contributed by atoms with van der Waals surface area (Å²) in [6.45, 7) is 4.90. The molecule has 0 bridgehead atoms. The van der Waals surface area contributed by atoms with Gasteiger partial charge in [0.05, 0.1) is 10.4 Å². The van der Waals surface area contributed by atoms with Crippen molar-refractivity contribution in [3.05, 3.63) is 47.2 Å². The van der Waals surface area contributed by atoms with Gasteiger partial charge in [-0.2, -0.15) is 0 Å². The van der Waals surface area contributed by atoms with Crippen molar-refractivity contribution < 1.29 is 13.5 Å². The highest BCUT2D eigenvalue weighted by Gasteiger charge is 2.24. The quantitative estimate of drug-likeness (QED) is 0.557. The Morgan fingerprint density at radius 1 is 1.29 bits per heavy atom. The third-order valence-electron chi connectivity index (χ3n) is 4.20. The summed E-state index contributed by atoms with van der Waals surface area (Å²) in [6, 6.07) is 3.86. The van der Waals surface area contributed by atoms with E-state index in [1.165, 1.54) is 42.4 Å². The zero-order chi connectivity index (χ0) is 19.9. The SMILES string of the molecule is CC1(C)CN=C(Nc2cc(F)c(Oc3ccnc4[nH]cc(Cl)c34)c(F)c2)SC1. The second-order valence-electron chi connectivity index (χ2n) is 7.24. The summed E-state index contributed by atoms with van der Waals surface area (Å²) in [5.41, 5.74) is 0.851. The molecule has 0 saturated carbocycles. The van der Waals surface area contributed by atoms with Crippen molar-refractivity contribution in [3.63, 3.8) is 0 Å². The van der Waals surface area contributed by atoms with E-state index in [4.69, 9.17) is 16.3 Å². The Bertz CT molecular complexity index is 1060. The van der Waals surface area contributed by atoms with E-state index in [1.807, 2.05) is 0 Å². The maximum Gasteiger partial charge on any atom is 0.198 e. The van der Waals surface area contributed by atoms with Gasteiger partial charge in [-0.3, -0.25) is 4.99 Å². The number of aliphatic imine (C=N–C) groups is 1. The lowest BCUT2D eigenvalue weighted by Crippen LogP contribution is -2.27. The number of H-pyrrole nitrogens is 1. The van der Waals surface area contributed by atoms with E-state index < -0.39 is 17.4 Å². The number of nitrogens with zero attached hydrogens (tertiary/aromatic N) is 2. The lowest BCUT2D eigenvalue weighted by molar-refractivity contribution is 0.411. The summed E-state index contributed by atoms with van der Waals surface area (Å²) in [5.74, 6) is -1.08. The number of thioether (sulfide) groups is 1. The molecule has 0 fully saturated rings. The molecule has 3 aromatic rings. The number of halogens is 3. The topological polar surface area (TPSA) is 62.3 Å². The fourth-order valence-electron chi connectivity index (χ4n) is 2.75. The lowest BCUT2D eigenvalue weighted by Gasteiger charge is -2.27. The molecular weight excluding hydrogens is 406 g/mol. The third kappa shape index (κ3) is 3.79. The first-order valence-corrected chi connectivity index (χ1v) is 9.91. The molecule has 3 heterocycles. The first-order valence-electron chi connectivity index (χ1n) is 8.55. The lowest BCUT2D eigenvalue weighted by atomic mass is 9.97. The zero-order valence-electron chi connectivity index (χ0n) is 15.1. The van der Waals surface area contributed by atoms with E-state index in [0.717, 1.165) is 5.75 Å². The number of fused-ring (bicyclic) bond motifs is 1. The van der Waals surface area contributed by atoms with Crippen LogP contribution in [0.1, 0.15) is 13.8 Å². The standard InChI is InChI=1S/C19H17ClF2N4OS/c1-19(2)8-25-18(28-9-19)26-10-5-12(21)16(13(22)6-10)27-14-3-4-23-17-15(14)11(20)7-24-17/h3-7H,8-9H2,1-2H3,(H,23,24)(H,25,26). The second-order valence-corrected chi connectivity index (χ2v) is 8.61. The van der Waals surface area contributed by atoms with Crippen LogP contribution in [0.2, 0.25) is 5.02 Å². The fraction of sp³-hybridized carbons (Fsp3) is 0.263. The van der Waals surface area contributed by atoms with Crippen LogP contribution < -0.4 is 10.1 Å². The number of nitrogens with one attached hydrogen (secondary N) is 2. The summed E-state index contributed by atoms with van der Waals surface area (Å²) in [6.07, 6.45) is 3.01. The first-order chi connectivity index (χ1) is 13.3. The van der Waals surface area contributed by atoms with Crippen molar-refractivity contribution in [1.29, 1.82) is 0 Å². The highest BCUT2D eigenvalue weighted by molar-refractivity contribution is 8.14. The van der Waals surface area contributed by atoms with E-state index in [9.17, 15) is 8.78 Å². The minimum absolute atomic E-state index is 0.111. The van der Waals surface area contributed by atoms with Gasteiger partial charge in [0.15, 0.2) is 22.6 Å². The number of amidine groups is 1. The Labute approximate surface area is 169 Å². The molecule has 1 aliphatic heterocycles. The van der Waals surface area contributed by atoms with Crippen molar-refractivity contribution in [2.24, 2.45) is 10.4 Å². The molecule has 1 aliphatic rings. The molecule has 0 saturated heterocycles. The largest absolute Gasteiger partial charge is 0.450 e. The Balaban J connectivity index is 1.60. The molecule has 28 heavy (non-hydrogen) atoms. The Morgan fingerprint density at radius 2 is 2.04 bits per heavy atom. The van der Waals surface area contributed by atoms with Crippen LogP contribution in [0.3, 0.4) is 0 Å². The van der Waals surface area contributed by atoms with Crippen molar-refractivity contribution in [1.82, 2.24) is 9.97 Å². The molecule has 0 aliphatic carbocycles. The molecule has 4 rings (SSSR count). The van der Waals surface area contributed by atoms with Crippen LogP contribution in [0.25, 0.3) is 11.0 Å². The Kier molecular flexibility index (Phi) is 4.93. The van der Waals surface area contributed by atoms with Gasteiger partial charge < -0.3 is 15.0 Å². The van der Waals surface area contributed by atoms with Gasteiger partial charge in [0, 0.05) is 42.5 Å². The number of anilines is 1. The van der Waals surface area contributed by atoms with E-state index in [1.54, 1.807) is 0 Å². The molecular formula is C19H17ClF2N4OS. The minimum atomic E-state index is -0.833. The van der Waals surface area contributed by atoms with Crippen molar-refractivity contribution in [3.8, 4) is 11.5 Å². The van der Waals surface area contributed by atoms with Gasteiger partial charge in [-0.1, -0.05) is 37.2 Å². The van der Waals surface area contributed by atoms with Gasteiger partial charge in [-0.25, -0.2) is 13.8 Å². The van der Waals surface area contributed by atoms with Crippen LogP contribution in [-0.2, 0) is 0 Å². The molecule has 146 valence electrons. The van der Waals surface area contributed by atoms with Crippen molar-refractivity contribution >= 4 is 45.3 Å². The van der Waals surface area contributed by atoms with Gasteiger partial charge in [0.2, 0.25) is 0 Å². The smallest absolute Gasteiger partial charge is 0.198 e. The van der Waals surface area contributed by atoms with E-state index in [0.29, 0.717) is 27.8 Å². The van der Waals surface area contributed by atoms with Gasteiger partial charge in [0.1, 0.15) is 11.4 Å². The van der Waals surface area contributed by atoms with E-state index in [2.05, 4.69) is 34.1 Å². The maximum atomic E-state index is 14.6. The highest BCUT2D eigenvalue weighted by Crippen LogP contribution is 2.37. The molecule has 9 heteroatoms. The number of hydrogen-bond acceptors (Lipinski definition) is 5. The van der Waals surface area contributed by atoms with E-state index >= 15 is 0 Å². The molecule has 5 nitrogen and oxygen atoms in total. The van der Waals surface area contributed by atoms with E-state index in [-0.39, 0.29) is 16.9 Å². The number of ether oxygens (including phenoxy) is 1. The summed E-state index contributed by atoms with van der Waals surface area (Å²) in [7, 11) is 0. The number of hydrogen-bond donors (Lipinski definition) is 2. The number of aromatic nitrogens is 2. The van der Waals surface area contributed by atoms with Crippen LogP contribution in [0, 0.1) is 17.0 Å². The first kappa shape index (κ1) is 19.0. The highest BCUT2D eigenvalue weighted by atomic mass is 35.5. The number of rotatable bonds is 3. The average Bonchev–Trinajstić information content (AvgIpc) is 3.02. The average molecular weight is 423 g/mol. The molecule has 0 spiro atoms. The van der Waals surface area contributed by atoms with Gasteiger partial charge in [-0.15, -0.1) is 0 Å². The minimum Gasteiger partial charge on any atom is -0.450 e. The summed E-state index contributed by atoms with van der Waals surface area (Å²) < 4.78 is 34.7. The molecule has 2 aromatic heterocycles. The van der Waals surface area contributed by atoms with Crippen molar-refractivity contribution in [2.45, 2.75) is 13.8 Å². The van der Waals surface area contributed by atoms with Gasteiger partial charge in [-0.05, 0) is 11.5 Å².